The molecule has 1 aromatic carbocycles. The van der Waals surface area contributed by atoms with Gasteiger partial charge in [0.15, 0.2) is 0 Å². The summed E-state index contributed by atoms with van der Waals surface area (Å²) in [5.41, 5.74) is 0.832. The topological polar surface area (TPSA) is 79.3 Å². The molecule has 2 rings (SSSR count). The fourth-order valence-corrected chi connectivity index (χ4v) is 3.49. The molecule has 1 aromatic heterocycles. The molecule has 0 aliphatic heterocycles. The van der Waals surface area contributed by atoms with E-state index in [2.05, 4.69) is 10.3 Å². The Kier molecular flexibility index (Phi) is 5.67. The first-order chi connectivity index (χ1) is 10.8. The van der Waals surface area contributed by atoms with E-state index in [9.17, 15) is 9.59 Å². The number of aromatic carboxylic acids is 1. The van der Waals surface area contributed by atoms with Crippen molar-refractivity contribution in [2.24, 2.45) is 0 Å². The van der Waals surface area contributed by atoms with Crippen molar-refractivity contribution in [3.8, 4) is 0 Å². The smallest absolute Gasteiger partial charge is 0.347 e. The molecule has 0 saturated carbocycles. The summed E-state index contributed by atoms with van der Waals surface area (Å²) in [5.74, 6) is -1.33. The highest BCUT2D eigenvalue weighted by atomic mass is 35.5. The number of carboxylic acid groups (broad SMARTS) is 1. The molecular formula is C15H15ClN2O3S2. The van der Waals surface area contributed by atoms with Gasteiger partial charge < -0.3 is 10.4 Å². The Morgan fingerprint density at radius 3 is 2.70 bits per heavy atom. The lowest BCUT2D eigenvalue weighted by Gasteiger charge is -2.12. The van der Waals surface area contributed by atoms with E-state index in [4.69, 9.17) is 16.7 Å². The summed E-state index contributed by atoms with van der Waals surface area (Å²) in [6.07, 6.45) is 1.92. The van der Waals surface area contributed by atoms with Crippen LogP contribution in [0.2, 0.25) is 5.02 Å². The molecule has 0 saturated heterocycles. The van der Waals surface area contributed by atoms with Crippen LogP contribution in [0.1, 0.15) is 43.7 Å². The van der Waals surface area contributed by atoms with Gasteiger partial charge in [0.05, 0.1) is 22.3 Å². The number of aromatic nitrogens is 1. The number of benzene rings is 1. The second-order valence-electron chi connectivity index (χ2n) is 4.81. The molecule has 0 aliphatic rings. The molecule has 2 N–H and O–H groups in total. The third-order valence-corrected chi connectivity index (χ3v) is 5.53. The quantitative estimate of drug-likeness (QED) is 0.777. The third-order valence-electron chi connectivity index (χ3n) is 3.14. The average molecular weight is 371 g/mol. The summed E-state index contributed by atoms with van der Waals surface area (Å²) in [6, 6.07) is 4.85. The lowest BCUT2D eigenvalue weighted by molar-refractivity contribution is 0.0701. The summed E-state index contributed by atoms with van der Waals surface area (Å²) in [5, 5.41) is 12.8. The van der Waals surface area contributed by atoms with Gasteiger partial charge in [-0.05, 0) is 38.3 Å². The van der Waals surface area contributed by atoms with Crippen LogP contribution in [0.3, 0.4) is 0 Å². The van der Waals surface area contributed by atoms with Gasteiger partial charge >= 0.3 is 5.97 Å². The van der Waals surface area contributed by atoms with E-state index in [-0.39, 0.29) is 10.8 Å². The van der Waals surface area contributed by atoms with E-state index < -0.39 is 12.0 Å². The fraction of sp³-hybridized carbons (Fsp3) is 0.267. The van der Waals surface area contributed by atoms with Crippen molar-refractivity contribution in [3.63, 3.8) is 0 Å². The minimum absolute atomic E-state index is 0.184. The van der Waals surface area contributed by atoms with Crippen molar-refractivity contribution >= 4 is 46.6 Å². The molecule has 122 valence electrons. The second kappa shape index (κ2) is 7.33. The summed E-state index contributed by atoms with van der Waals surface area (Å²) in [6.45, 7) is 3.39. The Hall–Kier alpha value is -1.57. The minimum Gasteiger partial charge on any atom is -0.477 e. The van der Waals surface area contributed by atoms with Crippen molar-refractivity contribution in [3.05, 3.63) is 44.4 Å². The molecule has 23 heavy (non-hydrogen) atoms. The monoisotopic (exact) mass is 370 g/mol. The summed E-state index contributed by atoms with van der Waals surface area (Å²) < 4.78 is 0. The molecular weight excluding hydrogens is 356 g/mol. The van der Waals surface area contributed by atoms with Crippen molar-refractivity contribution in [2.45, 2.75) is 24.8 Å². The third kappa shape index (κ3) is 4.04. The zero-order valence-electron chi connectivity index (χ0n) is 12.7. The van der Waals surface area contributed by atoms with Crippen molar-refractivity contribution in [1.29, 1.82) is 0 Å². The van der Waals surface area contributed by atoms with Gasteiger partial charge in [0, 0.05) is 4.90 Å². The van der Waals surface area contributed by atoms with Crippen LogP contribution in [-0.4, -0.2) is 28.2 Å². The van der Waals surface area contributed by atoms with Gasteiger partial charge in [-0.25, -0.2) is 9.78 Å². The number of carbonyl (C=O) groups is 2. The van der Waals surface area contributed by atoms with E-state index in [1.165, 1.54) is 11.8 Å². The van der Waals surface area contributed by atoms with E-state index >= 15 is 0 Å². The Bertz CT molecular complexity index is 761. The van der Waals surface area contributed by atoms with Gasteiger partial charge in [0.25, 0.3) is 5.91 Å². The van der Waals surface area contributed by atoms with Gasteiger partial charge in [0.1, 0.15) is 9.88 Å². The number of amides is 1. The molecule has 0 spiro atoms. The summed E-state index contributed by atoms with van der Waals surface area (Å²) in [7, 11) is 0. The number of hydrogen-bond acceptors (Lipinski definition) is 5. The molecule has 1 atom stereocenters. The number of hydrogen-bond donors (Lipinski definition) is 2. The van der Waals surface area contributed by atoms with Crippen molar-refractivity contribution in [2.75, 3.05) is 6.26 Å². The van der Waals surface area contributed by atoms with Crippen LogP contribution in [0.5, 0.6) is 0 Å². The number of thiazole rings is 1. The van der Waals surface area contributed by atoms with Gasteiger partial charge in [-0.15, -0.1) is 23.1 Å². The highest BCUT2D eigenvalue weighted by Gasteiger charge is 2.20. The number of rotatable bonds is 5. The molecule has 1 unspecified atom stereocenters. The van der Waals surface area contributed by atoms with Crippen LogP contribution in [0.4, 0.5) is 0 Å². The largest absolute Gasteiger partial charge is 0.477 e. The first kappa shape index (κ1) is 17.8. The molecule has 0 bridgehead atoms. The molecule has 0 aliphatic carbocycles. The fourth-order valence-electron chi connectivity index (χ4n) is 1.94. The molecule has 0 fully saturated rings. The molecule has 5 nitrogen and oxygen atoms in total. The Morgan fingerprint density at radius 2 is 2.13 bits per heavy atom. The van der Waals surface area contributed by atoms with Crippen LogP contribution in [0.25, 0.3) is 0 Å². The predicted octanol–water partition coefficient (Wildman–Crippen LogP) is 4.02. The molecule has 2 aromatic rings. The first-order valence-electron chi connectivity index (χ1n) is 6.68. The Balaban J connectivity index is 2.20. The number of aryl methyl sites for hydroxylation is 1. The zero-order valence-corrected chi connectivity index (χ0v) is 15.1. The first-order valence-corrected chi connectivity index (χ1v) is 9.10. The van der Waals surface area contributed by atoms with Gasteiger partial charge in [-0.3, -0.25) is 4.79 Å². The van der Waals surface area contributed by atoms with Gasteiger partial charge in [0.2, 0.25) is 0 Å². The van der Waals surface area contributed by atoms with Crippen LogP contribution in [0.15, 0.2) is 23.1 Å². The number of carbonyl (C=O) groups excluding carboxylic acids is 1. The number of carboxylic acids is 1. The van der Waals surface area contributed by atoms with Crippen LogP contribution in [-0.2, 0) is 0 Å². The van der Waals surface area contributed by atoms with E-state index in [1.807, 2.05) is 12.3 Å². The van der Waals surface area contributed by atoms with Gasteiger partial charge in [-0.2, -0.15) is 0 Å². The zero-order chi connectivity index (χ0) is 17.1. The highest BCUT2D eigenvalue weighted by Crippen LogP contribution is 2.26. The Labute approximate surface area is 147 Å². The van der Waals surface area contributed by atoms with Gasteiger partial charge in [-0.1, -0.05) is 11.6 Å². The minimum atomic E-state index is -1.01. The molecule has 0 radical (unpaired) electrons. The standard InChI is InChI=1S/C15H15ClN2O3S2/c1-7-12(15(20)21)23-14(18-7)8(2)17-13(19)10-6-9(22-3)4-5-11(10)16/h4-6,8H,1-3H3,(H,17,19)(H,20,21). The lowest BCUT2D eigenvalue weighted by atomic mass is 10.2. The van der Waals surface area contributed by atoms with Crippen LogP contribution >= 0.6 is 34.7 Å². The molecule has 1 amide bonds. The number of halogens is 1. The number of thioether (sulfide) groups is 1. The molecule has 8 heteroatoms. The summed E-state index contributed by atoms with van der Waals surface area (Å²) in [4.78, 5) is 28.8. The maximum Gasteiger partial charge on any atom is 0.347 e. The number of nitrogens with zero attached hydrogens (tertiary/aromatic N) is 1. The Morgan fingerprint density at radius 1 is 1.43 bits per heavy atom. The van der Waals surface area contributed by atoms with E-state index in [0.29, 0.717) is 21.3 Å². The SMILES string of the molecule is CSc1ccc(Cl)c(C(=O)NC(C)c2nc(C)c(C(=O)O)s2)c1. The predicted molar refractivity (Wildman–Crippen MR) is 92.9 cm³/mol. The van der Waals surface area contributed by atoms with Crippen LogP contribution < -0.4 is 5.32 Å². The van der Waals surface area contributed by atoms with E-state index in [0.717, 1.165) is 16.2 Å². The summed E-state index contributed by atoms with van der Waals surface area (Å²) >= 11 is 8.67. The van der Waals surface area contributed by atoms with Crippen molar-refractivity contribution < 1.29 is 14.7 Å². The lowest BCUT2D eigenvalue weighted by Crippen LogP contribution is -2.26. The van der Waals surface area contributed by atoms with Crippen LogP contribution in [0, 0.1) is 6.92 Å². The maximum absolute atomic E-state index is 12.4. The number of nitrogens with one attached hydrogen (secondary N) is 1. The second-order valence-corrected chi connectivity index (χ2v) is 7.13. The van der Waals surface area contributed by atoms with Crippen molar-refractivity contribution in [1.82, 2.24) is 10.3 Å². The molecule has 1 heterocycles. The average Bonchev–Trinajstić information content (AvgIpc) is 2.90. The normalized spacial score (nSPS) is 12.0. The highest BCUT2D eigenvalue weighted by molar-refractivity contribution is 7.98. The van der Waals surface area contributed by atoms with E-state index in [1.54, 1.807) is 26.0 Å². The maximum atomic E-state index is 12.4.